The molecule has 1 heterocycles. The Morgan fingerprint density at radius 2 is 2.05 bits per heavy atom. The molecule has 0 unspecified atom stereocenters. The number of nitro groups is 1. The van der Waals surface area contributed by atoms with Crippen LogP contribution in [0.25, 0.3) is 0 Å². The maximum absolute atomic E-state index is 11.1. The monoisotopic (exact) mass is 292 g/mol. The molecule has 0 aliphatic heterocycles. The maximum Gasteiger partial charge on any atom is 0.311 e. The highest BCUT2D eigenvalue weighted by atomic mass is 35.5. The third-order valence-corrected chi connectivity index (χ3v) is 3.10. The fourth-order valence-corrected chi connectivity index (χ4v) is 1.83. The number of aryl methyl sites for hydroxylation is 1. The van der Waals surface area contributed by atoms with Crippen molar-refractivity contribution in [2.45, 2.75) is 19.2 Å². The normalized spacial score (nSPS) is 10.3. The second kappa shape index (κ2) is 6.34. The lowest BCUT2D eigenvalue weighted by Crippen LogP contribution is -1.96. The van der Waals surface area contributed by atoms with Crippen LogP contribution >= 0.6 is 11.6 Å². The number of benzene rings is 1. The van der Waals surface area contributed by atoms with Crippen molar-refractivity contribution in [2.24, 2.45) is 0 Å². The summed E-state index contributed by atoms with van der Waals surface area (Å²) in [4.78, 5) is 14.7. The molecule has 0 saturated carbocycles. The van der Waals surface area contributed by atoms with E-state index in [1.54, 1.807) is 30.5 Å². The van der Waals surface area contributed by atoms with Crippen LogP contribution in [0.1, 0.15) is 18.1 Å². The van der Waals surface area contributed by atoms with Crippen molar-refractivity contribution in [1.29, 1.82) is 0 Å². The second-order valence-electron chi connectivity index (χ2n) is 4.15. The molecule has 6 heteroatoms. The van der Waals surface area contributed by atoms with Gasteiger partial charge in [0.1, 0.15) is 0 Å². The molecule has 0 atom stereocenters. The summed E-state index contributed by atoms with van der Waals surface area (Å²) in [5, 5.41) is 11.1. The minimum atomic E-state index is -0.457. The topological polar surface area (TPSA) is 65.3 Å². The first-order valence-corrected chi connectivity index (χ1v) is 6.63. The van der Waals surface area contributed by atoms with Gasteiger partial charge in [0.2, 0.25) is 11.6 Å². The molecule has 0 fully saturated rings. The number of aromatic nitrogens is 1. The number of alkyl halides is 1. The van der Waals surface area contributed by atoms with Crippen LogP contribution in [0.3, 0.4) is 0 Å². The van der Waals surface area contributed by atoms with E-state index in [1.807, 2.05) is 6.92 Å². The van der Waals surface area contributed by atoms with Crippen molar-refractivity contribution in [3.63, 3.8) is 0 Å². The van der Waals surface area contributed by atoms with E-state index in [1.165, 1.54) is 6.07 Å². The lowest BCUT2D eigenvalue weighted by molar-refractivity contribution is -0.385. The van der Waals surface area contributed by atoms with Crippen LogP contribution in [-0.2, 0) is 12.3 Å². The number of hydrogen-bond donors (Lipinski definition) is 0. The molecule has 1 aromatic heterocycles. The summed E-state index contributed by atoms with van der Waals surface area (Å²) in [6.07, 6.45) is 2.30. The van der Waals surface area contributed by atoms with Crippen LogP contribution in [0.4, 0.5) is 5.69 Å². The van der Waals surface area contributed by atoms with Crippen LogP contribution in [0.5, 0.6) is 11.6 Å². The van der Waals surface area contributed by atoms with E-state index >= 15 is 0 Å². The second-order valence-corrected chi connectivity index (χ2v) is 4.42. The van der Waals surface area contributed by atoms with E-state index in [0.29, 0.717) is 11.8 Å². The number of rotatable bonds is 5. The molecule has 1 aromatic carbocycles. The maximum atomic E-state index is 11.1. The molecule has 0 bridgehead atoms. The number of hydrogen-bond acceptors (Lipinski definition) is 4. The third kappa shape index (κ3) is 3.24. The van der Waals surface area contributed by atoms with Gasteiger partial charge < -0.3 is 4.74 Å². The fourth-order valence-electron chi connectivity index (χ4n) is 1.67. The van der Waals surface area contributed by atoms with Gasteiger partial charge in [-0.2, -0.15) is 0 Å². The summed E-state index contributed by atoms with van der Waals surface area (Å²) in [6.45, 7) is 1.94. The standard InChI is InChI=1S/C14H13ClN2O3/c1-2-10-3-5-13(12(7-10)17(18)19)20-14-6-4-11(8-15)9-16-14/h3-7,9H,2,8H2,1H3. The highest BCUT2D eigenvalue weighted by Gasteiger charge is 2.16. The Hall–Kier alpha value is -2.14. The lowest BCUT2D eigenvalue weighted by Gasteiger charge is -2.07. The highest BCUT2D eigenvalue weighted by molar-refractivity contribution is 6.17. The third-order valence-electron chi connectivity index (χ3n) is 2.79. The van der Waals surface area contributed by atoms with Crippen molar-refractivity contribution in [3.8, 4) is 11.6 Å². The largest absolute Gasteiger partial charge is 0.432 e. The molecular formula is C14H13ClN2O3. The Kier molecular flexibility index (Phi) is 4.53. The molecule has 0 radical (unpaired) electrons. The zero-order valence-electron chi connectivity index (χ0n) is 10.9. The van der Waals surface area contributed by atoms with Crippen molar-refractivity contribution in [2.75, 3.05) is 0 Å². The van der Waals surface area contributed by atoms with Gasteiger partial charge in [-0.3, -0.25) is 10.1 Å². The van der Waals surface area contributed by atoms with Gasteiger partial charge >= 0.3 is 5.69 Å². The minimum Gasteiger partial charge on any atom is -0.432 e. The van der Waals surface area contributed by atoms with Crippen LogP contribution in [0, 0.1) is 10.1 Å². The molecule has 0 saturated heterocycles. The zero-order valence-corrected chi connectivity index (χ0v) is 11.6. The van der Waals surface area contributed by atoms with E-state index in [9.17, 15) is 10.1 Å². The Labute approximate surface area is 121 Å². The Morgan fingerprint density at radius 3 is 2.60 bits per heavy atom. The molecular weight excluding hydrogens is 280 g/mol. The first kappa shape index (κ1) is 14.3. The summed E-state index contributed by atoms with van der Waals surface area (Å²) in [5.41, 5.74) is 1.68. The van der Waals surface area contributed by atoms with Gasteiger partial charge in [-0.05, 0) is 23.6 Å². The molecule has 2 rings (SSSR count). The van der Waals surface area contributed by atoms with Crippen LogP contribution in [-0.4, -0.2) is 9.91 Å². The van der Waals surface area contributed by atoms with Gasteiger partial charge in [-0.1, -0.05) is 19.1 Å². The van der Waals surface area contributed by atoms with Crippen molar-refractivity contribution in [3.05, 3.63) is 57.8 Å². The van der Waals surface area contributed by atoms with Crippen LogP contribution < -0.4 is 4.74 Å². The SMILES string of the molecule is CCc1ccc(Oc2ccc(CCl)cn2)c([N+](=O)[O-])c1. The lowest BCUT2D eigenvalue weighted by atomic mass is 10.1. The molecule has 20 heavy (non-hydrogen) atoms. The van der Waals surface area contributed by atoms with Gasteiger partial charge in [0.05, 0.1) is 4.92 Å². The summed E-state index contributed by atoms with van der Waals surface area (Å²) in [7, 11) is 0. The van der Waals surface area contributed by atoms with Crippen LogP contribution in [0.15, 0.2) is 36.5 Å². The Balaban J connectivity index is 2.29. The number of nitrogens with zero attached hydrogens (tertiary/aromatic N) is 2. The number of ether oxygens (including phenoxy) is 1. The molecule has 2 aromatic rings. The molecule has 0 spiro atoms. The minimum absolute atomic E-state index is 0.0624. The van der Waals surface area contributed by atoms with Gasteiger partial charge in [0.15, 0.2) is 0 Å². The van der Waals surface area contributed by atoms with Crippen LogP contribution in [0.2, 0.25) is 0 Å². The van der Waals surface area contributed by atoms with Crippen molar-refractivity contribution in [1.82, 2.24) is 4.98 Å². The molecule has 0 N–H and O–H groups in total. The zero-order chi connectivity index (χ0) is 14.5. The number of halogens is 1. The van der Waals surface area contributed by atoms with Gasteiger partial charge in [0.25, 0.3) is 0 Å². The van der Waals surface area contributed by atoms with E-state index < -0.39 is 4.92 Å². The van der Waals surface area contributed by atoms with Gasteiger partial charge in [-0.25, -0.2) is 4.98 Å². The molecule has 5 nitrogen and oxygen atoms in total. The number of pyridine rings is 1. The van der Waals surface area contributed by atoms with Crippen molar-refractivity contribution >= 4 is 17.3 Å². The van der Waals surface area contributed by atoms with E-state index in [-0.39, 0.29) is 11.4 Å². The van der Waals surface area contributed by atoms with Gasteiger partial charge in [0, 0.05) is 24.2 Å². The first-order valence-electron chi connectivity index (χ1n) is 6.10. The fraction of sp³-hybridized carbons (Fsp3) is 0.214. The summed E-state index contributed by atoms with van der Waals surface area (Å²) in [6, 6.07) is 8.31. The summed E-state index contributed by atoms with van der Waals surface area (Å²) < 4.78 is 5.47. The molecule has 0 amide bonds. The molecule has 104 valence electrons. The molecule has 0 aliphatic carbocycles. The average Bonchev–Trinajstić information content (AvgIpc) is 2.48. The Bertz CT molecular complexity index is 614. The van der Waals surface area contributed by atoms with E-state index in [2.05, 4.69) is 4.98 Å². The van der Waals surface area contributed by atoms with Gasteiger partial charge in [-0.15, -0.1) is 11.6 Å². The summed E-state index contributed by atoms with van der Waals surface area (Å²) >= 11 is 5.67. The van der Waals surface area contributed by atoms with E-state index in [0.717, 1.165) is 17.5 Å². The first-order chi connectivity index (χ1) is 9.63. The predicted molar refractivity (Wildman–Crippen MR) is 76.3 cm³/mol. The Morgan fingerprint density at radius 1 is 1.30 bits per heavy atom. The average molecular weight is 293 g/mol. The molecule has 0 aliphatic rings. The predicted octanol–water partition coefficient (Wildman–Crippen LogP) is 4.08. The van der Waals surface area contributed by atoms with Crippen molar-refractivity contribution < 1.29 is 9.66 Å². The van der Waals surface area contributed by atoms with E-state index in [4.69, 9.17) is 16.3 Å². The summed E-state index contributed by atoms with van der Waals surface area (Å²) in [5.74, 6) is 0.836. The smallest absolute Gasteiger partial charge is 0.311 e. The number of nitro benzene ring substituents is 1. The quantitative estimate of drug-likeness (QED) is 0.473. The highest BCUT2D eigenvalue weighted by Crippen LogP contribution is 2.31.